The van der Waals surface area contributed by atoms with Gasteiger partial charge in [0.2, 0.25) is 17.7 Å². The number of amides is 3. The van der Waals surface area contributed by atoms with Crippen molar-refractivity contribution in [3.8, 4) is 0 Å². The van der Waals surface area contributed by atoms with Crippen LogP contribution >= 0.6 is 0 Å². The van der Waals surface area contributed by atoms with Crippen molar-refractivity contribution < 1.29 is 183 Å². The molecule has 23 N–H and O–H groups in total. The van der Waals surface area contributed by atoms with Crippen molar-refractivity contribution >= 4 is 17.7 Å². The lowest BCUT2D eigenvalue weighted by molar-refractivity contribution is -0.392. The lowest BCUT2D eigenvalue weighted by Gasteiger charge is -2.51. The Morgan fingerprint density at radius 2 is 0.653 bits per heavy atom. The molecule has 14 unspecified atom stereocenters. The van der Waals surface area contributed by atoms with Gasteiger partial charge in [0, 0.05) is 20.3 Å². The first-order valence-electron chi connectivity index (χ1n) is 45.3. The summed E-state index contributed by atoms with van der Waals surface area (Å²) in [5.41, 5.74) is 0. The van der Waals surface area contributed by atoms with E-state index in [1.54, 1.807) is 6.08 Å². The van der Waals surface area contributed by atoms with E-state index in [0.29, 0.717) is 12.8 Å². The molecular formula is C84H151N3O37. The highest BCUT2D eigenvalue weighted by atomic mass is 16.8. The summed E-state index contributed by atoms with van der Waals surface area (Å²) in [7, 11) is 0. The number of aliphatic hydroxyl groups is 20. The first-order valence-corrected chi connectivity index (χ1v) is 45.3. The third kappa shape index (κ3) is 31.8. The Labute approximate surface area is 726 Å². The average Bonchev–Trinajstić information content (AvgIpc) is 0.759. The molecule has 0 aromatic carbocycles. The van der Waals surface area contributed by atoms with E-state index in [9.17, 15) is 117 Å². The molecule has 0 aromatic heterocycles. The van der Waals surface area contributed by atoms with Gasteiger partial charge in [0.15, 0.2) is 44.0 Å². The summed E-state index contributed by atoms with van der Waals surface area (Å²) in [6, 6.07) is -4.81. The molecule has 7 heterocycles. The first kappa shape index (κ1) is 108. The van der Waals surface area contributed by atoms with Crippen molar-refractivity contribution in [2.24, 2.45) is 0 Å². The van der Waals surface area contributed by atoms with Gasteiger partial charge in [-0.15, -0.1) is 0 Å². The second-order valence-corrected chi connectivity index (χ2v) is 34.2. The van der Waals surface area contributed by atoms with Crippen molar-refractivity contribution in [1.29, 1.82) is 0 Å². The van der Waals surface area contributed by atoms with Gasteiger partial charge in [0.25, 0.3) is 0 Å². The van der Waals surface area contributed by atoms with E-state index < -0.39 is 285 Å². The molecule has 7 aliphatic heterocycles. The Morgan fingerprint density at radius 1 is 0.331 bits per heavy atom. The van der Waals surface area contributed by atoms with E-state index in [-0.39, 0.29) is 12.3 Å². The monoisotopic (exact) mass is 1790 g/mol. The van der Waals surface area contributed by atoms with E-state index in [1.807, 2.05) is 6.08 Å². The third-order valence-electron chi connectivity index (χ3n) is 24.3. The minimum atomic E-state index is -2.30. The second kappa shape index (κ2) is 56.6. The van der Waals surface area contributed by atoms with E-state index >= 15 is 0 Å². The molecule has 37 atom stereocenters. The minimum absolute atomic E-state index is 0.167. The van der Waals surface area contributed by atoms with Crippen LogP contribution in [0.15, 0.2) is 12.2 Å². The molecule has 40 heteroatoms. The summed E-state index contributed by atoms with van der Waals surface area (Å²) in [6.07, 6.45) is -27.9. The van der Waals surface area contributed by atoms with Gasteiger partial charge < -0.3 is 184 Å². The van der Waals surface area contributed by atoms with Crippen LogP contribution in [0.3, 0.4) is 0 Å². The lowest BCUT2D eigenvalue weighted by Crippen LogP contribution is -2.71. The average molecular weight is 1800 g/mol. The van der Waals surface area contributed by atoms with Crippen molar-refractivity contribution in [1.82, 2.24) is 16.0 Å². The molecule has 3 amide bonds. The number of carbonyl (C=O) groups is 3. The predicted octanol–water partition coefficient (Wildman–Crippen LogP) is -2.79. The molecule has 724 valence electrons. The summed E-state index contributed by atoms with van der Waals surface area (Å²) in [6.45, 7) is 1.08. The topological polar surface area (TPSA) is 621 Å². The normalized spacial score (nSPS) is 38.5. The Bertz CT molecular complexity index is 2950. The molecule has 0 aromatic rings. The SMILES string of the molecule is CCCCCCCCCCCCC/C=C/[C@@H](O)[C@H](CO[C@@H]1OC(CO)[C@@H](O[C@@H]2OC(CO)[C@H](O)[C@H](O[C@@H]3OC(CO)[C@@H](O[C@@H]4OC(CO)[C@H](O)[C@H](O[C@@H]5OC(CO)[C@@H](O[C@@H]6OC(CO)[C@H](O)[C@H](O)C6O[C@H]6OC(C)[C@@H](O)C(O)[C@@H]6O)[C@H](O)C5NC(C)=O)C4O)[C@H](O)C3NC(C)=O)C2O)[C@H](O)C1O)NC(=O)CCCCCCCCCCCCCCCCCCC. The van der Waals surface area contributed by atoms with Crippen LogP contribution in [0.5, 0.6) is 0 Å². The van der Waals surface area contributed by atoms with Crippen LogP contribution in [0, 0.1) is 0 Å². The number of ether oxygens (including phenoxy) is 14. The zero-order chi connectivity index (χ0) is 90.7. The maximum absolute atomic E-state index is 13.6. The molecule has 0 aliphatic carbocycles. The quantitative estimate of drug-likeness (QED) is 0.0216. The smallest absolute Gasteiger partial charge is 0.220 e. The number of allylic oxidation sites excluding steroid dienone is 1. The molecule has 40 nitrogen and oxygen atoms in total. The van der Waals surface area contributed by atoms with E-state index in [1.165, 1.54) is 129 Å². The molecule has 0 saturated carbocycles. The molecule has 7 saturated heterocycles. The van der Waals surface area contributed by atoms with Crippen LogP contribution in [0.1, 0.15) is 227 Å². The number of nitrogens with one attached hydrogen (secondary N) is 3. The lowest BCUT2D eigenvalue weighted by atomic mass is 9.93. The predicted molar refractivity (Wildman–Crippen MR) is 434 cm³/mol. The summed E-state index contributed by atoms with van der Waals surface area (Å²) >= 11 is 0. The standard InChI is InChI=1S/C84H151N3O37/c1-6-8-10-12-14-16-18-20-21-22-23-25-27-29-31-33-35-37-56(97)87-48(49(96)36-34-32-30-28-26-24-19-17-15-13-11-9-7-2)44-111-80-69(108)67(106)74(55(43-93)118-80)120-83-71(110)76(62(101)52(40-90)114-83)123-78-57(85-46(4)94)63(102)72(53(41-91)116-78)119-82-70(109)75(61(100)51(39-89)113-82)122-79-58(86-47(5)95)64(103)73(54(42-92)117-79)121-84-77(66(105)60(99)50(38-88)115-84)124-81-68(107)65(104)59(98)45(3)112-81/h34,36,45,48-55,57-84,88-93,96,98-110H,6-33,35,37-44H2,1-5H3,(H,85,94)(H,86,95)(H,87,97)/b36-34+/t45?,48-,49+,50?,51?,52?,53?,54?,55?,57?,58?,59+,60-,61-,62-,63+,64+,65?,66-,67+,68-,69?,70?,71?,72+,73+,74+,75-,76-,77?,78-,79-,80+,81+,82-,83-,84-/m0/s1. The zero-order valence-corrected chi connectivity index (χ0v) is 72.6. The van der Waals surface area contributed by atoms with Crippen LogP contribution in [0.4, 0.5) is 0 Å². The number of hydrogen-bond donors (Lipinski definition) is 23. The molecule has 124 heavy (non-hydrogen) atoms. The first-order chi connectivity index (χ1) is 59.5. The van der Waals surface area contributed by atoms with Gasteiger partial charge in [-0.05, 0) is 26.2 Å². The maximum atomic E-state index is 13.6. The van der Waals surface area contributed by atoms with Gasteiger partial charge in [0.1, 0.15) is 165 Å². The number of hydrogen-bond acceptors (Lipinski definition) is 37. The van der Waals surface area contributed by atoms with Gasteiger partial charge in [-0.2, -0.15) is 0 Å². The highest BCUT2D eigenvalue weighted by Crippen LogP contribution is 2.39. The summed E-state index contributed by atoms with van der Waals surface area (Å²) in [5.74, 6) is -2.12. The van der Waals surface area contributed by atoms with Gasteiger partial charge in [-0.25, -0.2) is 0 Å². The van der Waals surface area contributed by atoms with Crippen molar-refractivity contribution in [3.63, 3.8) is 0 Å². The van der Waals surface area contributed by atoms with E-state index in [0.717, 1.165) is 65.2 Å². The van der Waals surface area contributed by atoms with Crippen molar-refractivity contribution in [2.75, 3.05) is 46.2 Å². The highest BCUT2D eigenvalue weighted by Gasteiger charge is 2.60. The van der Waals surface area contributed by atoms with E-state index in [4.69, 9.17) is 66.3 Å². The molecule has 0 bridgehead atoms. The van der Waals surface area contributed by atoms with Gasteiger partial charge in [-0.1, -0.05) is 193 Å². The fourth-order valence-electron chi connectivity index (χ4n) is 16.9. The number of aliphatic hydroxyl groups excluding tert-OH is 20. The second-order valence-electron chi connectivity index (χ2n) is 34.2. The van der Waals surface area contributed by atoms with Gasteiger partial charge in [0.05, 0.1) is 64.5 Å². The third-order valence-corrected chi connectivity index (χ3v) is 24.3. The van der Waals surface area contributed by atoms with Crippen LogP contribution in [0.2, 0.25) is 0 Å². The van der Waals surface area contributed by atoms with Crippen LogP contribution in [-0.2, 0) is 80.7 Å². The number of unbranched alkanes of at least 4 members (excludes halogenated alkanes) is 27. The summed E-state index contributed by atoms with van der Waals surface area (Å²) in [5, 5.41) is 232. The zero-order valence-electron chi connectivity index (χ0n) is 72.6. The maximum Gasteiger partial charge on any atom is 0.220 e. The molecule has 7 rings (SSSR count). The Kier molecular flexibility index (Phi) is 49.2. The Morgan fingerprint density at radius 3 is 1.06 bits per heavy atom. The van der Waals surface area contributed by atoms with Gasteiger partial charge in [-0.3, -0.25) is 14.4 Å². The number of carbonyl (C=O) groups excluding carboxylic acids is 3. The minimum Gasteiger partial charge on any atom is -0.394 e. The van der Waals surface area contributed by atoms with Gasteiger partial charge >= 0.3 is 0 Å². The van der Waals surface area contributed by atoms with E-state index in [2.05, 4.69) is 29.8 Å². The van der Waals surface area contributed by atoms with Crippen molar-refractivity contribution in [3.05, 3.63) is 12.2 Å². The Hall–Kier alpha value is -3.21. The molecule has 0 spiro atoms. The van der Waals surface area contributed by atoms with Crippen LogP contribution < -0.4 is 16.0 Å². The van der Waals surface area contributed by atoms with Crippen LogP contribution in [-0.4, -0.2) is 393 Å². The number of rotatable bonds is 56. The summed E-state index contributed by atoms with van der Waals surface area (Å²) in [4.78, 5) is 39.5. The molecular weight excluding hydrogens is 1640 g/mol. The fraction of sp³-hybridized carbons (Fsp3) is 0.940. The molecule has 7 fully saturated rings. The molecule has 7 aliphatic rings. The van der Waals surface area contributed by atoms with Crippen molar-refractivity contribution in [2.45, 2.75) is 454 Å². The Balaban J connectivity index is 0.984. The van der Waals surface area contributed by atoms with Crippen LogP contribution in [0.25, 0.3) is 0 Å². The largest absolute Gasteiger partial charge is 0.394 e. The fourth-order valence-corrected chi connectivity index (χ4v) is 16.9. The molecule has 0 radical (unpaired) electrons. The summed E-state index contributed by atoms with van der Waals surface area (Å²) < 4.78 is 83.2. The highest BCUT2D eigenvalue weighted by molar-refractivity contribution is 5.76.